The van der Waals surface area contributed by atoms with Gasteiger partial charge in [0.25, 0.3) is 0 Å². The van der Waals surface area contributed by atoms with Gasteiger partial charge in [-0.05, 0) is 11.1 Å². The van der Waals surface area contributed by atoms with Crippen LogP contribution in [0.5, 0.6) is 0 Å². The highest BCUT2D eigenvalue weighted by atomic mass is 32.3. The number of rotatable bonds is 10. The van der Waals surface area contributed by atoms with Gasteiger partial charge in [0.15, 0.2) is 6.29 Å². The highest BCUT2D eigenvalue weighted by Crippen LogP contribution is 2.27. The molecular formula is C22H27NO9S. The summed E-state index contributed by atoms with van der Waals surface area (Å²) in [4.78, 5) is 11.7. The van der Waals surface area contributed by atoms with E-state index >= 15 is 0 Å². The van der Waals surface area contributed by atoms with Gasteiger partial charge in [0, 0.05) is 6.92 Å². The first-order valence-electron chi connectivity index (χ1n) is 10.3. The molecule has 1 aliphatic rings. The number of aliphatic hydroxyl groups is 1. The van der Waals surface area contributed by atoms with E-state index in [1.807, 2.05) is 36.4 Å². The molecule has 3 N–H and O–H groups in total. The average Bonchev–Trinajstić information content (AvgIpc) is 2.76. The van der Waals surface area contributed by atoms with Crippen molar-refractivity contribution in [1.82, 2.24) is 5.32 Å². The summed E-state index contributed by atoms with van der Waals surface area (Å²) >= 11 is 0. The number of amides is 1. The van der Waals surface area contributed by atoms with E-state index in [0.29, 0.717) is 0 Å². The normalized spacial score (nSPS) is 25.5. The van der Waals surface area contributed by atoms with Crippen molar-refractivity contribution < 1.29 is 41.3 Å². The van der Waals surface area contributed by atoms with Gasteiger partial charge >= 0.3 is 10.4 Å². The summed E-state index contributed by atoms with van der Waals surface area (Å²) in [6.45, 7) is 1.27. The predicted octanol–water partition coefficient (Wildman–Crippen LogP) is 1.20. The number of aliphatic hydroxyl groups excluding tert-OH is 1. The fraction of sp³-hybridized carbons (Fsp3) is 0.409. The Bertz CT molecular complexity index is 987. The van der Waals surface area contributed by atoms with Gasteiger partial charge < -0.3 is 24.6 Å². The van der Waals surface area contributed by atoms with E-state index in [9.17, 15) is 22.9 Å². The lowest BCUT2D eigenvalue weighted by molar-refractivity contribution is -0.261. The fourth-order valence-corrected chi connectivity index (χ4v) is 4.05. The Morgan fingerprint density at radius 1 is 1.00 bits per heavy atom. The van der Waals surface area contributed by atoms with Gasteiger partial charge in [0.05, 0.1) is 19.8 Å². The van der Waals surface area contributed by atoms with Crippen LogP contribution in [-0.2, 0) is 46.8 Å². The van der Waals surface area contributed by atoms with Crippen LogP contribution in [0.15, 0.2) is 60.7 Å². The number of nitrogens with one attached hydrogen (secondary N) is 1. The number of hydrogen-bond donors (Lipinski definition) is 3. The van der Waals surface area contributed by atoms with E-state index in [1.165, 1.54) is 6.92 Å². The molecular weight excluding hydrogens is 454 g/mol. The molecule has 3 rings (SSSR count). The van der Waals surface area contributed by atoms with Gasteiger partial charge in [-0.1, -0.05) is 60.7 Å². The first kappa shape index (κ1) is 25.2. The summed E-state index contributed by atoms with van der Waals surface area (Å²) in [6.07, 6.45) is -5.28. The third-order valence-corrected chi connectivity index (χ3v) is 5.41. The molecule has 0 bridgehead atoms. The van der Waals surface area contributed by atoms with Crippen LogP contribution in [0.2, 0.25) is 0 Å². The van der Waals surface area contributed by atoms with Crippen LogP contribution in [-0.4, -0.2) is 61.2 Å². The van der Waals surface area contributed by atoms with Crippen LogP contribution in [0.1, 0.15) is 18.1 Å². The van der Waals surface area contributed by atoms with Crippen molar-refractivity contribution in [3.05, 3.63) is 71.8 Å². The maximum atomic E-state index is 11.7. The second kappa shape index (κ2) is 11.7. The summed E-state index contributed by atoms with van der Waals surface area (Å²) in [7, 11) is -4.93. The largest absolute Gasteiger partial charge is 0.397 e. The third kappa shape index (κ3) is 7.86. The summed E-state index contributed by atoms with van der Waals surface area (Å²) < 4.78 is 54.5. The van der Waals surface area contributed by atoms with Crippen LogP contribution >= 0.6 is 0 Å². The molecule has 0 spiro atoms. The Morgan fingerprint density at radius 3 is 2.12 bits per heavy atom. The Morgan fingerprint density at radius 2 is 1.58 bits per heavy atom. The Balaban J connectivity index is 1.81. The van der Waals surface area contributed by atoms with Crippen molar-refractivity contribution in [3.8, 4) is 0 Å². The highest BCUT2D eigenvalue weighted by molar-refractivity contribution is 7.80. The molecule has 33 heavy (non-hydrogen) atoms. The predicted molar refractivity (Wildman–Crippen MR) is 116 cm³/mol. The topological polar surface area (TPSA) is 141 Å². The van der Waals surface area contributed by atoms with Crippen molar-refractivity contribution in [3.63, 3.8) is 0 Å². The van der Waals surface area contributed by atoms with Gasteiger partial charge in [0.2, 0.25) is 5.91 Å². The lowest BCUT2D eigenvalue weighted by Crippen LogP contribution is -2.65. The number of carbonyl (C=O) groups excluding carboxylic acids is 1. The van der Waals surface area contributed by atoms with Gasteiger partial charge in [-0.25, -0.2) is 4.18 Å². The molecule has 1 aliphatic heterocycles. The lowest BCUT2D eigenvalue weighted by Gasteiger charge is -2.43. The summed E-state index contributed by atoms with van der Waals surface area (Å²) in [5, 5.41) is 13.0. The zero-order valence-corrected chi connectivity index (χ0v) is 18.8. The number of benzene rings is 2. The Hall–Kier alpha value is -2.38. The quantitative estimate of drug-likeness (QED) is 0.427. The zero-order valence-electron chi connectivity index (χ0n) is 17.9. The van der Waals surface area contributed by atoms with Gasteiger partial charge in [-0.15, -0.1) is 0 Å². The van der Waals surface area contributed by atoms with Gasteiger partial charge in [-0.3, -0.25) is 9.35 Å². The number of hydrogen-bond acceptors (Lipinski definition) is 8. The van der Waals surface area contributed by atoms with E-state index in [0.717, 1.165) is 11.1 Å². The second-order valence-electron chi connectivity index (χ2n) is 7.54. The maximum Gasteiger partial charge on any atom is 0.397 e. The van der Waals surface area contributed by atoms with Gasteiger partial charge in [-0.2, -0.15) is 8.42 Å². The molecule has 1 fully saturated rings. The minimum atomic E-state index is -4.93. The smallest absolute Gasteiger partial charge is 0.374 e. The lowest BCUT2D eigenvalue weighted by atomic mass is 9.96. The Labute approximate surface area is 192 Å². The zero-order chi connectivity index (χ0) is 23.8. The average molecular weight is 482 g/mol. The second-order valence-corrected chi connectivity index (χ2v) is 8.59. The summed E-state index contributed by atoms with van der Waals surface area (Å²) in [5.41, 5.74) is 1.64. The molecule has 5 atom stereocenters. The van der Waals surface area contributed by atoms with Crippen molar-refractivity contribution in [2.75, 3.05) is 6.61 Å². The minimum Gasteiger partial charge on any atom is -0.374 e. The molecule has 0 saturated carbocycles. The molecule has 10 nitrogen and oxygen atoms in total. The highest BCUT2D eigenvalue weighted by Gasteiger charge is 2.49. The molecule has 2 unspecified atom stereocenters. The van der Waals surface area contributed by atoms with Crippen LogP contribution in [0.3, 0.4) is 0 Å². The van der Waals surface area contributed by atoms with Crippen molar-refractivity contribution in [1.29, 1.82) is 0 Å². The van der Waals surface area contributed by atoms with Crippen LogP contribution in [0.25, 0.3) is 0 Å². The molecule has 1 amide bonds. The van der Waals surface area contributed by atoms with Crippen LogP contribution in [0.4, 0.5) is 0 Å². The third-order valence-electron chi connectivity index (χ3n) is 4.95. The fourth-order valence-electron chi connectivity index (χ4n) is 3.53. The van der Waals surface area contributed by atoms with E-state index in [-0.39, 0.29) is 19.8 Å². The maximum absolute atomic E-state index is 11.7. The van der Waals surface area contributed by atoms with Crippen LogP contribution < -0.4 is 5.32 Å². The van der Waals surface area contributed by atoms with Crippen molar-refractivity contribution in [2.24, 2.45) is 0 Å². The van der Waals surface area contributed by atoms with Crippen molar-refractivity contribution >= 4 is 16.3 Å². The molecule has 11 heteroatoms. The standard InChI is InChI=1S/C22H27NO9S/c1-15(24)23-19-21(30-13-17-10-6-3-7-11-17)20(32-33(26,27)28)18(31-22(19)25)14-29-12-16-8-4-2-5-9-16/h2-11,18-22,25H,12-14H2,1H3,(H,23,24)(H,26,27,28)/t18?,19?,20-,21+,22+/m0/s1. The van der Waals surface area contributed by atoms with Gasteiger partial charge in [0.1, 0.15) is 24.4 Å². The molecule has 0 aliphatic carbocycles. The molecule has 1 saturated heterocycles. The van der Waals surface area contributed by atoms with Crippen molar-refractivity contribution in [2.45, 2.75) is 50.8 Å². The Kier molecular flexibility index (Phi) is 8.92. The summed E-state index contributed by atoms with van der Waals surface area (Å²) in [5.74, 6) is -0.500. The van der Waals surface area contributed by atoms with Crippen LogP contribution in [0, 0.1) is 0 Å². The molecule has 0 aromatic heterocycles. The SMILES string of the molecule is CC(=O)NC1[C@H](O)OC(COCc2ccccc2)[C@H](OS(=O)(=O)O)[C@@H]1OCc1ccccc1. The minimum absolute atomic E-state index is 0.0250. The number of carbonyl (C=O) groups is 1. The molecule has 0 radical (unpaired) electrons. The molecule has 2 aromatic rings. The summed E-state index contributed by atoms with van der Waals surface area (Å²) in [6, 6.07) is 17.1. The molecule has 1 heterocycles. The first-order chi connectivity index (χ1) is 15.7. The first-order valence-corrected chi connectivity index (χ1v) is 11.6. The number of ether oxygens (including phenoxy) is 3. The monoisotopic (exact) mass is 481 g/mol. The van der Waals surface area contributed by atoms with E-state index < -0.39 is 46.9 Å². The van der Waals surface area contributed by atoms with E-state index in [2.05, 4.69) is 5.32 Å². The molecule has 180 valence electrons. The van der Waals surface area contributed by atoms with E-state index in [4.69, 9.17) is 18.4 Å². The molecule has 2 aromatic carbocycles. The van der Waals surface area contributed by atoms with E-state index in [1.54, 1.807) is 24.3 Å².